The summed E-state index contributed by atoms with van der Waals surface area (Å²) in [5.41, 5.74) is 1.48. The lowest BCUT2D eigenvalue weighted by Gasteiger charge is -2.11. The highest BCUT2D eigenvalue weighted by Gasteiger charge is 2.30. The zero-order chi connectivity index (χ0) is 22.1. The lowest BCUT2D eigenvalue weighted by molar-refractivity contribution is 0.0960. The van der Waals surface area contributed by atoms with Crippen molar-refractivity contribution in [3.05, 3.63) is 106 Å². The van der Waals surface area contributed by atoms with Crippen LogP contribution in [-0.2, 0) is 0 Å². The minimum atomic E-state index is -0.919. The largest absolute Gasteiger partial charge is 0.389 e. The van der Waals surface area contributed by atoms with Crippen molar-refractivity contribution in [1.82, 2.24) is 0 Å². The highest BCUT2D eigenvalue weighted by Crippen LogP contribution is 2.35. The summed E-state index contributed by atoms with van der Waals surface area (Å²) in [6.07, 6.45) is -0.706. The summed E-state index contributed by atoms with van der Waals surface area (Å²) in [6, 6.07) is 15.7. The van der Waals surface area contributed by atoms with E-state index in [0.29, 0.717) is 23.0 Å². The van der Waals surface area contributed by atoms with Gasteiger partial charge in [0.1, 0.15) is 23.0 Å². The number of hydrogen-bond acceptors (Lipinski definition) is 5. The van der Waals surface area contributed by atoms with Crippen LogP contribution in [0.25, 0.3) is 0 Å². The van der Waals surface area contributed by atoms with Crippen LogP contribution in [0.2, 0.25) is 0 Å². The van der Waals surface area contributed by atoms with Crippen molar-refractivity contribution in [2.45, 2.75) is 13.0 Å². The minimum Gasteiger partial charge on any atom is -0.389 e. The van der Waals surface area contributed by atoms with Gasteiger partial charge in [0.25, 0.3) is 0 Å². The number of aliphatic hydroxyl groups excluding tert-OH is 1. The molecular weight excluding hydrogens is 402 g/mol. The van der Waals surface area contributed by atoms with E-state index in [1.54, 1.807) is 55.5 Å². The molecule has 31 heavy (non-hydrogen) atoms. The van der Waals surface area contributed by atoms with Gasteiger partial charge in [-0.05, 0) is 36.8 Å². The maximum absolute atomic E-state index is 13.7. The van der Waals surface area contributed by atoms with Crippen molar-refractivity contribution in [2.24, 2.45) is 0 Å². The number of benzene rings is 3. The molecule has 0 radical (unpaired) electrons. The van der Waals surface area contributed by atoms with Crippen molar-refractivity contribution < 1.29 is 23.5 Å². The quantitative estimate of drug-likeness (QED) is 0.238. The van der Waals surface area contributed by atoms with Gasteiger partial charge >= 0.3 is 0 Å². The van der Waals surface area contributed by atoms with Gasteiger partial charge in [-0.25, -0.2) is 8.78 Å². The van der Waals surface area contributed by atoms with Crippen LogP contribution in [0.5, 0.6) is 0 Å². The lowest BCUT2D eigenvalue weighted by atomic mass is 9.95. The smallest absolute Gasteiger partial charge is 0.200 e. The Morgan fingerprint density at radius 2 is 1.42 bits per heavy atom. The van der Waals surface area contributed by atoms with Crippen molar-refractivity contribution >= 4 is 22.9 Å². The van der Waals surface area contributed by atoms with E-state index in [2.05, 4.69) is 10.6 Å². The van der Waals surface area contributed by atoms with E-state index in [1.807, 2.05) is 0 Å². The standard InChI is InChI=1S/C24H18F2N2O3/c1-13(29)15-7-8-19-20(11-15)28-24(27-19)21(22(30)14-5-3-2-4-6-14)23(31)16-9-17(25)12-18(26)10-16/h2-13,27-29H,1H3. The van der Waals surface area contributed by atoms with Crippen LogP contribution >= 0.6 is 0 Å². The molecule has 0 saturated carbocycles. The van der Waals surface area contributed by atoms with Gasteiger partial charge in [-0.3, -0.25) is 9.59 Å². The number of nitrogens with one attached hydrogen (secondary N) is 2. The monoisotopic (exact) mass is 420 g/mol. The average molecular weight is 420 g/mol. The Morgan fingerprint density at radius 1 is 0.806 bits per heavy atom. The molecule has 1 atom stereocenters. The molecule has 0 aliphatic carbocycles. The SMILES string of the molecule is CC(O)c1ccc2c(c1)NC(=C(C(=O)c1ccccc1)C(=O)c1cc(F)cc(F)c1)N2. The number of rotatable bonds is 5. The first-order chi connectivity index (χ1) is 14.8. The topological polar surface area (TPSA) is 78.4 Å². The zero-order valence-electron chi connectivity index (χ0n) is 16.4. The molecule has 7 heteroatoms. The lowest BCUT2D eigenvalue weighted by Crippen LogP contribution is -2.21. The van der Waals surface area contributed by atoms with Crippen LogP contribution in [0.4, 0.5) is 20.2 Å². The second-order valence-electron chi connectivity index (χ2n) is 7.16. The van der Waals surface area contributed by atoms with Gasteiger partial charge in [0.05, 0.1) is 17.5 Å². The first-order valence-electron chi connectivity index (χ1n) is 9.54. The third-order valence-corrected chi connectivity index (χ3v) is 4.91. The van der Waals surface area contributed by atoms with Crippen LogP contribution < -0.4 is 10.6 Å². The molecule has 5 nitrogen and oxygen atoms in total. The molecule has 3 N–H and O–H groups in total. The molecule has 0 fully saturated rings. The highest BCUT2D eigenvalue weighted by atomic mass is 19.1. The van der Waals surface area contributed by atoms with Crippen LogP contribution in [0, 0.1) is 11.6 Å². The molecule has 1 heterocycles. The molecule has 0 spiro atoms. The van der Waals surface area contributed by atoms with Crippen LogP contribution in [0.1, 0.15) is 39.3 Å². The molecule has 0 bridgehead atoms. The summed E-state index contributed by atoms with van der Waals surface area (Å²) in [4.78, 5) is 26.5. The molecule has 1 aliphatic rings. The third-order valence-electron chi connectivity index (χ3n) is 4.91. The van der Waals surface area contributed by atoms with E-state index >= 15 is 0 Å². The number of anilines is 2. The fraction of sp³-hybridized carbons (Fsp3) is 0.0833. The molecule has 0 aromatic heterocycles. The van der Waals surface area contributed by atoms with Crippen molar-refractivity contribution in [3.63, 3.8) is 0 Å². The van der Waals surface area contributed by atoms with Crippen LogP contribution in [0.15, 0.2) is 78.1 Å². The molecule has 0 saturated heterocycles. The fourth-order valence-corrected chi connectivity index (χ4v) is 3.35. The van der Waals surface area contributed by atoms with E-state index in [1.165, 1.54) is 0 Å². The minimum absolute atomic E-state index is 0.0984. The molecule has 3 aromatic carbocycles. The summed E-state index contributed by atoms with van der Waals surface area (Å²) in [6.45, 7) is 1.62. The second kappa shape index (κ2) is 8.12. The van der Waals surface area contributed by atoms with Crippen molar-refractivity contribution in [2.75, 3.05) is 10.6 Å². The summed E-state index contributed by atoms with van der Waals surface area (Å²) < 4.78 is 27.5. The first-order valence-corrected chi connectivity index (χ1v) is 9.54. The Bertz CT molecular complexity index is 1200. The van der Waals surface area contributed by atoms with E-state index in [4.69, 9.17) is 0 Å². The number of aliphatic hydroxyl groups is 1. The van der Waals surface area contributed by atoms with E-state index in [9.17, 15) is 23.5 Å². The summed E-state index contributed by atoms with van der Waals surface area (Å²) in [7, 11) is 0. The fourth-order valence-electron chi connectivity index (χ4n) is 3.35. The molecular formula is C24H18F2N2O3. The molecule has 3 aromatic rings. The Hall–Kier alpha value is -3.84. The molecule has 0 amide bonds. The molecule has 1 aliphatic heterocycles. The predicted octanol–water partition coefficient (Wildman–Crippen LogP) is 4.83. The predicted molar refractivity (Wildman–Crippen MR) is 113 cm³/mol. The number of Topliss-reactive ketones (excluding diaryl/α,β-unsaturated/α-hetero) is 2. The van der Waals surface area contributed by atoms with Crippen molar-refractivity contribution in [1.29, 1.82) is 0 Å². The van der Waals surface area contributed by atoms with E-state index in [0.717, 1.165) is 12.1 Å². The Morgan fingerprint density at radius 3 is 2.06 bits per heavy atom. The summed E-state index contributed by atoms with van der Waals surface area (Å²) in [5.74, 6) is -3.17. The van der Waals surface area contributed by atoms with Gasteiger partial charge < -0.3 is 15.7 Å². The maximum Gasteiger partial charge on any atom is 0.200 e. The number of carbonyl (C=O) groups is 2. The maximum atomic E-state index is 13.7. The first kappa shape index (κ1) is 20.4. The number of fused-ring (bicyclic) bond motifs is 1. The average Bonchev–Trinajstić information content (AvgIpc) is 3.16. The van der Waals surface area contributed by atoms with E-state index < -0.39 is 29.3 Å². The van der Waals surface area contributed by atoms with Crippen LogP contribution in [0.3, 0.4) is 0 Å². The normalized spacial score (nSPS) is 14.8. The van der Waals surface area contributed by atoms with Gasteiger partial charge in [0.2, 0.25) is 11.6 Å². The van der Waals surface area contributed by atoms with Gasteiger partial charge in [-0.1, -0.05) is 36.4 Å². The van der Waals surface area contributed by atoms with Gasteiger partial charge in [0, 0.05) is 17.2 Å². The number of carbonyl (C=O) groups excluding carboxylic acids is 2. The van der Waals surface area contributed by atoms with Crippen molar-refractivity contribution in [3.8, 4) is 0 Å². The van der Waals surface area contributed by atoms with Gasteiger partial charge in [-0.2, -0.15) is 0 Å². The Kier molecular flexibility index (Phi) is 5.35. The van der Waals surface area contributed by atoms with E-state index in [-0.39, 0.29) is 22.5 Å². The van der Waals surface area contributed by atoms with Gasteiger partial charge in [0.15, 0.2) is 0 Å². The zero-order valence-corrected chi connectivity index (χ0v) is 16.4. The Balaban J connectivity index is 1.83. The van der Waals surface area contributed by atoms with Crippen LogP contribution in [-0.4, -0.2) is 16.7 Å². The third kappa shape index (κ3) is 4.08. The summed E-state index contributed by atoms with van der Waals surface area (Å²) >= 11 is 0. The summed E-state index contributed by atoms with van der Waals surface area (Å²) in [5, 5.41) is 15.8. The molecule has 1 unspecified atom stereocenters. The van der Waals surface area contributed by atoms with Gasteiger partial charge in [-0.15, -0.1) is 0 Å². The Labute approximate surface area is 177 Å². The number of halogens is 2. The number of allylic oxidation sites excluding steroid dienone is 1. The number of hydrogen-bond donors (Lipinski definition) is 3. The highest BCUT2D eigenvalue weighted by molar-refractivity contribution is 6.32. The molecule has 156 valence electrons. The second-order valence-corrected chi connectivity index (χ2v) is 7.16. The number of ketones is 2. The molecule has 4 rings (SSSR count).